The maximum Gasteiger partial charge on any atom is 0.111 e. The van der Waals surface area contributed by atoms with Gasteiger partial charge in [-0.3, -0.25) is 4.98 Å². The van der Waals surface area contributed by atoms with Gasteiger partial charge in [-0.15, -0.1) is 0 Å². The van der Waals surface area contributed by atoms with Crippen LogP contribution in [-0.2, 0) is 13.0 Å². The number of rotatable bonds is 4. The van der Waals surface area contributed by atoms with E-state index in [-0.39, 0.29) is 6.04 Å². The summed E-state index contributed by atoms with van der Waals surface area (Å²) in [5.74, 6) is 1.04. The van der Waals surface area contributed by atoms with Crippen molar-refractivity contribution in [2.75, 3.05) is 0 Å². The van der Waals surface area contributed by atoms with Crippen LogP contribution in [0.1, 0.15) is 29.9 Å². The Morgan fingerprint density at radius 3 is 2.81 bits per heavy atom. The summed E-state index contributed by atoms with van der Waals surface area (Å²) >= 11 is 0. The van der Waals surface area contributed by atoms with Gasteiger partial charge in [0.05, 0.1) is 11.0 Å². The summed E-state index contributed by atoms with van der Waals surface area (Å²) in [5, 5.41) is 0. The first kappa shape index (κ1) is 13.8. The Balaban J connectivity index is 1.96. The van der Waals surface area contributed by atoms with E-state index in [1.54, 1.807) is 6.20 Å². The first-order chi connectivity index (χ1) is 10.2. The minimum absolute atomic E-state index is 0.0826. The molecule has 108 valence electrons. The summed E-state index contributed by atoms with van der Waals surface area (Å²) in [4.78, 5) is 8.93. The smallest absolute Gasteiger partial charge is 0.111 e. The van der Waals surface area contributed by atoms with Gasteiger partial charge >= 0.3 is 0 Å². The summed E-state index contributed by atoms with van der Waals surface area (Å²) in [7, 11) is 0. The van der Waals surface area contributed by atoms with E-state index >= 15 is 0 Å². The molecule has 0 radical (unpaired) electrons. The fraction of sp³-hybridized carbons (Fsp3) is 0.294. The highest BCUT2D eigenvalue weighted by Crippen LogP contribution is 2.22. The van der Waals surface area contributed by atoms with E-state index in [4.69, 9.17) is 10.7 Å². The Labute approximate surface area is 124 Å². The van der Waals surface area contributed by atoms with Gasteiger partial charge in [0, 0.05) is 31.4 Å². The summed E-state index contributed by atoms with van der Waals surface area (Å²) in [6.45, 7) is 5.10. The second-order valence-electron chi connectivity index (χ2n) is 5.30. The van der Waals surface area contributed by atoms with Crippen molar-refractivity contribution in [2.45, 2.75) is 32.9 Å². The molecule has 0 aliphatic heterocycles. The van der Waals surface area contributed by atoms with Gasteiger partial charge in [0.1, 0.15) is 5.82 Å². The molecule has 0 spiro atoms. The van der Waals surface area contributed by atoms with Crippen molar-refractivity contribution < 1.29 is 0 Å². The second kappa shape index (κ2) is 5.66. The van der Waals surface area contributed by atoms with Crippen LogP contribution in [0.5, 0.6) is 0 Å². The van der Waals surface area contributed by atoms with E-state index in [1.807, 2.05) is 30.5 Å². The van der Waals surface area contributed by atoms with Gasteiger partial charge in [-0.05, 0) is 43.2 Å². The van der Waals surface area contributed by atoms with Crippen LogP contribution in [0.15, 0.2) is 42.7 Å². The molecule has 1 unspecified atom stereocenters. The highest BCUT2D eigenvalue weighted by atomic mass is 15.1. The fourth-order valence-corrected chi connectivity index (χ4v) is 2.81. The van der Waals surface area contributed by atoms with Crippen molar-refractivity contribution in [1.82, 2.24) is 14.5 Å². The van der Waals surface area contributed by atoms with Gasteiger partial charge in [-0.2, -0.15) is 0 Å². The zero-order valence-corrected chi connectivity index (χ0v) is 12.5. The Morgan fingerprint density at radius 1 is 1.24 bits per heavy atom. The molecule has 0 aliphatic carbocycles. The Hall–Kier alpha value is -2.20. The molecule has 4 nitrogen and oxygen atoms in total. The quantitative estimate of drug-likeness (QED) is 0.799. The van der Waals surface area contributed by atoms with Crippen LogP contribution >= 0.6 is 0 Å². The maximum atomic E-state index is 6.38. The van der Waals surface area contributed by atoms with Crippen molar-refractivity contribution in [3.8, 4) is 0 Å². The van der Waals surface area contributed by atoms with E-state index in [2.05, 4.69) is 29.5 Å². The van der Waals surface area contributed by atoms with Gasteiger partial charge < -0.3 is 10.3 Å². The summed E-state index contributed by atoms with van der Waals surface area (Å²) in [6.07, 6.45) is 4.38. The largest absolute Gasteiger partial charge is 0.328 e. The lowest BCUT2D eigenvalue weighted by molar-refractivity contribution is 0.633. The molecule has 4 heteroatoms. The monoisotopic (exact) mass is 280 g/mol. The molecule has 2 heterocycles. The predicted molar refractivity (Wildman–Crippen MR) is 85.0 cm³/mol. The molecule has 0 fully saturated rings. The maximum absolute atomic E-state index is 6.38. The van der Waals surface area contributed by atoms with Crippen molar-refractivity contribution in [1.29, 1.82) is 0 Å². The molecule has 0 saturated heterocycles. The normalized spacial score (nSPS) is 12.7. The molecule has 0 bridgehead atoms. The lowest BCUT2D eigenvalue weighted by Crippen LogP contribution is -2.17. The molecule has 2 N–H and O–H groups in total. The number of para-hydroxylation sites is 2. The third-order valence-corrected chi connectivity index (χ3v) is 3.93. The van der Waals surface area contributed by atoms with Crippen molar-refractivity contribution in [2.24, 2.45) is 5.73 Å². The number of nitrogens with two attached hydrogens (primary N) is 1. The molecule has 3 rings (SSSR count). The Kier molecular flexibility index (Phi) is 3.71. The van der Waals surface area contributed by atoms with E-state index in [0.717, 1.165) is 29.9 Å². The van der Waals surface area contributed by atoms with Crippen LogP contribution in [0.25, 0.3) is 11.0 Å². The highest BCUT2D eigenvalue weighted by Gasteiger charge is 2.15. The summed E-state index contributed by atoms with van der Waals surface area (Å²) in [6, 6.07) is 10.1. The number of benzene rings is 1. The first-order valence-electron chi connectivity index (χ1n) is 7.31. The van der Waals surface area contributed by atoms with Crippen LogP contribution in [0, 0.1) is 6.92 Å². The van der Waals surface area contributed by atoms with Gasteiger partial charge in [0.15, 0.2) is 0 Å². The highest BCUT2D eigenvalue weighted by molar-refractivity contribution is 5.75. The Bertz CT molecular complexity index is 760. The van der Waals surface area contributed by atoms with Crippen molar-refractivity contribution in [3.05, 3.63) is 59.7 Å². The number of hydrogen-bond donors (Lipinski definition) is 1. The topological polar surface area (TPSA) is 56.7 Å². The molecule has 1 atom stereocenters. The molecule has 1 aromatic carbocycles. The molecular formula is C17H20N4. The predicted octanol–water partition coefficient (Wildman–Crippen LogP) is 3.00. The van der Waals surface area contributed by atoms with Crippen molar-refractivity contribution >= 4 is 11.0 Å². The zero-order chi connectivity index (χ0) is 14.8. The molecule has 0 amide bonds. The minimum Gasteiger partial charge on any atom is -0.328 e. The number of aromatic nitrogens is 3. The number of nitrogens with zero attached hydrogens (tertiary/aromatic N) is 3. The van der Waals surface area contributed by atoms with E-state index in [9.17, 15) is 0 Å². The number of aryl methyl sites for hydroxylation is 2. The van der Waals surface area contributed by atoms with Crippen molar-refractivity contribution in [3.63, 3.8) is 0 Å². The fourth-order valence-electron chi connectivity index (χ4n) is 2.81. The standard InChI is InChI=1S/C17H20N4/c1-3-21-16-7-5-4-6-15(16)20-17(21)10-14(18)13-11-19-9-8-12(13)2/h4-9,11,14H,3,10,18H2,1-2H3. The average Bonchev–Trinajstić information content (AvgIpc) is 2.84. The second-order valence-corrected chi connectivity index (χ2v) is 5.30. The van der Waals surface area contributed by atoms with E-state index < -0.39 is 0 Å². The first-order valence-corrected chi connectivity index (χ1v) is 7.31. The zero-order valence-electron chi connectivity index (χ0n) is 12.5. The molecule has 0 aliphatic rings. The average molecular weight is 280 g/mol. The summed E-state index contributed by atoms with van der Waals surface area (Å²) < 4.78 is 2.24. The SMILES string of the molecule is CCn1c(CC(N)c2cnccc2C)nc2ccccc21. The molecule has 21 heavy (non-hydrogen) atoms. The minimum atomic E-state index is -0.0826. The Morgan fingerprint density at radius 2 is 2.05 bits per heavy atom. The number of fused-ring (bicyclic) bond motifs is 1. The molecule has 3 aromatic rings. The van der Waals surface area contributed by atoms with Crippen LogP contribution in [0.4, 0.5) is 0 Å². The summed E-state index contributed by atoms with van der Waals surface area (Å²) in [5.41, 5.74) is 10.9. The van der Waals surface area contributed by atoms with Gasteiger partial charge in [0.2, 0.25) is 0 Å². The van der Waals surface area contributed by atoms with E-state index in [0.29, 0.717) is 0 Å². The number of imidazole rings is 1. The third kappa shape index (κ3) is 2.54. The van der Waals surface area contributed by atoms with E-state index in [1.165, 1.54) is 11.1 Å². The lowest BCUT2D eigenvalue weighted by Gasteiger charge is -2.14. The molecule has 2 aromatic heterocycles. The molecule has 0 saturated carbocycles. The lowest BCUT2D eigenvalue weighted by atomic mass is 10.0. The van der Waals surface area contributed by atoms with Gasteiger partial charge in [0.25, 0.3) is 0 Å². The van der Waals surface area contributed by atoms with Crippen LogP contribution in [0.2, 0.25) is 0 Å². The molecular weight excluding hydrogens is 260 g/mol. The van der Waals surface area contributed by atoms with Crippen LogP contribution in [0.3, 0.4) is 0 Å². The number of hydrogen-bond acceptors (Lipinski definition) is 3. The number of pyridine rings is 1. The van der Waals surface area contributed by atoms with Gasteiger partial charge in [-0.1, -0.05) is 12.1 Å². The van der Waals surface area contributed by atoms with Crippen LogP contribution < -0.4 is 5.73 Å². The van der Waals surface area contributed by atoms with Crippen LogP contribution in [-0.4, -0.2) is 14.5 Å². The van der Waals surface area contributed by atoms with Gasteiger partial charge in [-0.25, -0.2) is 4.98 Å². The third-order valence-electron chi connectivity index (χ3n) is 3.93.